The molecular weight excluding hydrogens is 319 g/mol. The minimum Gasteiger partial charge on any atom is -0.325 e. The smallest absolute Gasteiger partial charge is 0.257 e. The topological polar surface area (TPSA) is 40.6 Å². The zero-order valence-electron chi connectivity index (χ0n) is 14.4. The molecule has 0 aliphatic carbocycles. The summed E-state index contributed by atoms with van der Waals surface area (Å²) in [5.74, 6) is -1.15. The summed E-state index contributed by atoms with van der Waals surface area (Å²) in [7, 11) is 0. The number of rotatable bonds is 3. The number of hydrogen-bond donors (Lipinski definition) is 0. The Morgan fingerprint density at radius 2 is 1.80 bits per heavy atom. The van der Waals surface area contributed by atoms with Gasteiger partial charge in [0.1, 0.15) is 11.9 Å². The molecule has 2 aromatic rings. The van der Waals surface area contributed by atoms with Crippen LogP contribution in [-0.4, -0.2) is 35.8 Å². The number of amides is 2. The van der Waals surface area contributed by atoms with Crippen LogP contribution in [0.5, 0.6) is 0 Å². The van der Waals surface area contributed by atoms with Crippen LogP contribution in [0.2, 0.25) is 0 Å². The molecule has 0 aromatic heterocycles. The van der Waals surface area contributed by atoms with Gasteiger partial charge in [0.2, 0.25) is 5.91 Å². The molecule has 2 aromatic carbocycles. The monoisotopic (exact) mass is 340 g/mol. The summed E-state index contributed by atoms with van der Waals surface area (Å²) in [6.45, 7) is 4.52. The summed E-state index contributed by atoms with van der Waals surface area (Å²) in [5.41, 5.74) is 1.99. The number of carbonyl (C=O) groups excluding carboxylic acids is 2. The molecule has 1 atom stereocenters. The molecule has 2 amide bonds. The van der Waals surface area contributed by atoms with Crippen LogP contribution in [0, 0.1) is 5.82 Å². The number of para-hydroxylation sites is 1. The van der Waals surface area contributed by atoms with Crippen LogP contribution in [-0.2, 0) is 11.2 Å². The number of aryl methyl sites for hydroxylation is 1. The number of carbonyl (C=O) groups is 2. The van der Waals surface area contributed by atoms with Gasteiger partial charge in [-0.25, -0.2) is 4.39 Å². The Labute approximate surface area is 146 Å². The maximum atomic E-state index is 13.9. The molecule has 1 aliphatic heterocycles. The highest BCUT2D eigenvalue weighted by molar-refractivity contribution is 6.03. The molecule has 4 nitrogen and oxygen atoms in total. The van der Waals surface area contributed by atoms with Crippen LogP contribution in [0.4, 0.5) is 10.1 Å². The lowest BCUT2D eigenvalue weighted by Gasteiger charge is -2.39. The maximum absolute atomic E-state index is 13.9. The fourth-order valence-electron chi connectivity index (χ4n) is 3.25. The van der Waals surface area contributed by atoms with Crippen molar-refractivity contribution in [1.29, 1.82) is 0 Å². The van der Waals surface area contributed by atoms with Crippen LogP contribution in [0.25, 0.3) is 0 Å². The lowest BCUT2D eigenvalue weighted by Crippen LogP contribution is -2.58. The highest BCUT2D eigenvalue weighted by Crippen LogP contribution is 2.26. The van der Waals surface area contributed by atoms with Crippen molar-refractivity contribution >= 4 is 17.5 Å². The largest absolute Gasteiger partial charge is 0.325 e. The first-order valence-corrected chi connectivity index (χ1v) is 8.49. The Kier molecular flexibility index (Phi) is 4.83. The Morgan fingerprint density at radius 1 is 1.12 bits per heavy atom. The van der Waals surface area contributed by atoms with Crippen molar-refractivity contribution in [1.82, 2.24) is 4.90 Å². The number of nitrogens with zero attached hydrogens (tertiary/aromatic N) is 2. The van der Waals surface area contributed by atoms with Gasteiger partial charge >= 0.3 is 0 Å². The predicted octanol–water partition coefficient (Wildman–Crippen LogP) is 3.27. The number of piperazine rings is 1. The number of benzene rings is 2. The van der Waals surface area contributed by atoms with Crippen molar-refractivity contribution in [3.05, 3.63) is 65.5 Å². The minimum atomic E-state index is -0.634. The van der Waals surface area contributed by atoms with Crippen molar-refractivity contribution in [2.45, 2.75) is 26.3 Å². The molecule has 130 valence electrons. The summed E-state index contributed by atoms with van der Waals surface area (Å²) >= 11 is 0. The summed E-state index contributed by atoms with van der Waals surface area (Å²) in [4.78, 5) is 28.7. The Hall–Kier alpha value is -2.69. The molecule has 1 saturated heterocycles. The van der Waals surface area contributed by atoms with E-state index < -0.39 is 17.8 Å². The van der Waals surface area contributed by atoms with Crippen LogP contribution < -0.4 is 4.90 Å². The van der Waals surface area contributed by atoms with E-state index in [4.69, 9.17) is 0 Å². The second-order valence-corrected chi connectivity index (χ2v) is 6.13. The van der Waals surface area contributed by atoms with Crippen molar-refractivity contribution in [3.8, 4) is 0 Å². The average Bonchev–Trinajstić information content (AvgIpc) is 2.64. The third kappa shape index (κ3) is 3.14. The van der Waals surface area contributed by atoms with Crippen LogP contribution in [0.1, 0.15) is 29.8 Å². The van der Waals surface area contributed by atoms with E-state index in [1.807, 2.05) is 31.2 Å². The summed E-state index contributed by atoms with van der Waals surface area (Å²) in [6.07, 6.45) is 0.826. The van der Waals surface area contributed by atoms with Crippen LogP contribution >= 0.6 is 0 Å². The molecular formula is C20H21FN2O2. The van der Waals surface area contributed by atoms with E-state index in [-0.39, 0.29) is 11.5 Å². The first-order valence-electron chi connectivity index (χ1n) is 8.49. The van der Waals surface area contributed by atoms with Gasteiger partial charge < -0.3 is 9.80 Å². The number of hydrogen-bond acceptors (Lipinski definition) is 2. The SMILES string of the molecule is CCc1ccccc1N1CCN(C(=O)c2ccccc2F)C(C)C1=O. The molecule has 1 fully saturated rings. The third-order valence-electron chi connectivity index (χ3n) is 4.68. The molecule has 0 spiro atoms. The zero-order chi connectivity index (χ0) is 18.0. The lowest BCUT2D eigenvalue weighted by molar-refractivity contribution is -0.124. The number of halogens is 1. The zero-order valence-corrected chi connectivity index (χ0v) is 14.4. The van der Waals surface area contributed by atoms with Crippen molar-refractivity contribution < 1.29 is 14.0 Å². The molecule has 25 heavy (non-hydrogen) atoms. The Balaban J connectivity index is 1.85. The lowest BCUT2D eigenvalue weighted by atomic mass is 10.1. The average molecular weight is 340 g/mol. The van der Waals surface area contributed by atoms with E-state index >= 15 is 0 Å². The van der Waals surface area contributed by atoms with Gasteiger partial charge in [-0.05, 0) is 37.1 Å². The summed E-state index contributed by atoms with van der Waals surface area (Å²) in [5, 5.41) is 0. The molecule has 0 N–H and O–H groups in total. The van der Waals surface area contributed by atoms with Crippen molar-refractivity contribution in [2.75, 3.05) is 18.0 Å². The van der Waals surface area contributed by atoms with Crippen LogP contribution in [0.3, 0.4) is 0 Å². The third-order valence-corrected chi connectivity index (χ3v) is 4.68. The van der Waals surface area contributed by atoms with Gasteiger partial charge in [0, 0.05) is 18.8 Å². The normalized spacial score (nSPS) is 17.7. The molecule has 3 rings (SSSR count). The van der Waals surface area contributed by atoms with E-state index in [1.54, 1.807) is 24.0 Å². The van der Waals surface area contributed by atoms with Gasteiger partial charge in [-0.2, -0.15) is 0 Å². The van der Waals surface area contributed by atoms with Gasteiger partial charge in [0.25, 0.3) is 5.91 Å². The first-order chi connectivity index (χ1) is 12.0. The standard InChI is InChI=1S/C20H21FN2O2/c1-3-15-8-4-7-11-18(15)23-13-12-22(14(2)19(23)24)20(25)16-9-5-6-10-17(16)21/h4-11,14H,3,12-13H2,1-2H3. The van der Waals surface area contributed by atoms with E-state index in [9.17, 15) is 14.0 Å². The fraction of sp³-hybridized carbons (Fsp3) is 0.300. The van der Waals surface area contributed by atoms with Crippen molar-refractivity contribution in [3.63, 3.8) is 0 Å². The minimum absolute atomic E-state index is 0.00422. The van der Waals surface area contributed by atoms with E-state index in [0.717, 1.165) is 17.7 Å². The molecule has 0 bridgehead atoms. The van der Waals surface area contributed by atoms with E-state index in [0.29, 0.717) is 13.1 Å². The second-order valence-electron chi connectivity index (χ2n) is 6.13. The Morgan fingerprint density at radius 3 is 2.52 bits per heavy atom. The Bertz CT molecular complexity index is 806. The summed E-state index contributed by atoms with van der Waals surface area (Å²) in [6, 6.07) is 13.0. The van der Waals surface area contributed by atoms with E-state index in [2.05, 4.69) is 0 Å². The number of anilines is 1. The van der Waals surface area contributed by atoms with Gasteiger partial charge in [-0.1, -0.05) is 37.3 Å². The molecule has 0 saturated carbocycles. The molecule has 1 unspecified atom stereocenters. The van der Waals surface area contributed by atoms with Gasteiger partial charge in [-0.15, -0.1) is 0 Å². The maximum Gasteiger partial charge on any atom is 0.257 e. The van der Waals surface area contributed by atoms with Crippen LogP contribution in [0.15, 0.2) is 48.5 Å². The first kappa shape index (κ1) is 17.1. The van der Waals surface area contributed by atoms with E-state index in [1.165, 1.54) is 17.0 Å². The highest BCUT2D eigenvalue weighted by Gasteiger charge is 2.36. The second kappa shape index (κ2) is 7.05. The highest BCUT2D eigenvalue weighted by atomic mass is 19.1. The van der Waals surface area contributed by atoms with Gasteiger partial charge in [-0.3, -0.25) is 9.59 Å². The fourth-order valence-corrected chi connectivity index (χ4v) is 3.25. The summed E-state index contributed by atoms with van der Waals surface area (Å²) < 4.78 is 13.9. The predicted molar refractivity (Wildman–Crippen MR) is 95.1 cm³/mol. The van der Waals surface area contributed by atoms with Gasteiger partial charge in [0.15, 0.2) is 0 Å². The molecule has 5 heteroatoms. The van der Waals surface area contributed by atoms with Crippen molar-refractivity contribution in [2.24, 2.45) is 0 Å². The molecule has 0 radical (unpaired) electrons. The quantitative estimate of drug-likeness (QED) is 0.860. The molecule has 1 heterocycles. The molecule has 1 aliphatic rings. The van der Waals surface area contributed by atoms with Gasteiger partial charge in [0.05, 0.1) is 5.56 Å².